The summed E-state index contributed by atoms with van der Waals surface area (Å²) in [5.74, 6) is -0.509. The highest BCUT2D eigenvalue weighted by Gasteiger charge is 2.35. The van der Waals surface area contributed by atoms with Crippen molar-refractivity contribution in [3.8, 4) is 17.0 Å². The fourth-order valence-corrected chi connectivity index (χ4v) is 7.29. The van der Waals surface area contributed by atoms with Gasteiger partial charge in [-0.2, -0.15) is 0 Å². The number of amides is 2. The first-order valence-electron chi connectivity index (χ1n) is 16.5. The Hall–Kier alpha value is -4.31. The highest BCUT2D eigenvalue weighted by atomic mass is 35.5. The van der Waals surface area contributed by atoms with Crippen molar-refractivity contribution in [2.75, 3.05) is 20.2 Å². The summed E-state index contributed by atoms with van der Waals surface area (Å²) < 4.78 is 36.0. The van der Waals surface area contributed by atoms with Gasteiger partial charge in [0.1, 0.15) is 11.5 Å². The van der Waals surface area contributed by atoms with Gasteiger partial charge in [0.05, 0.1) is 25.9 Å². The van der Waals surface area contributed by atoms with Crippen molar-refractivity contribution >= 4 is 23.4 Å². The maximum absolute atomic E-state index is 14.9. The molecule has 2 aliphatic rings. The van der Waals surface area contributed by atoms with Crippen LogP contribution >= 0.6 is 11.6 Å². The lowest BCUT2D eigenvalue weighted by atomic mass is 9.77. The van der Waals surface area contributed by atoms with E-state index in [0.717, 1.165) is 19.3 Å². The van der Waals surface area contributed by atoms with Gasteiger partial charge >= 0.3 is 0 Å². The van der Waals surface area contributed by atoms with Gasteiger partial charge in [0.2, 0.25) is 0 Å². The van der Waals surface area contributed by atoms with Crippen molar-refractivity contribution in [3.63, 3.8) is 0 Å². The normalized spacial score (nSPS) is 20.0. The van der Waals surface area contributed by atoms with Crippen LogP contribution in [0.5, 0.6) is 5.75 Å². The molecule has 0 spiro atoms. The molecule has 48 heavy (non-hydrogen) atoms. The number of carbonyl (C=O) groups excluding carboxylic acids is 2. The number of carbonyl (C=O) groups is 2. The molecule has 3 unspecified atom stereocenters. The highest BCUT2D eigenvalue weighted by molar-refractivity contribution is 6.31. The Morgan fingerprint density at radius 1 is 0.958 bits per heavy atom. The summed E-state index contributed by atoms with van der Waals surface area (Å²) in [6.45, 7) is 5.41. The van der Waals surface area contributed by atoms with Gasteiger partial charge in [-0.15, -0.1) is 5.10 Å². The van der Waals surface area contributed by atoms with Gasteiger partial charge in [-0.1, -0.05) is 55.6 Å². The Balaban J connectivity index is 1.15. The fourth-order valence-electron chi connectivity index (χ4n) is 7.07. The summed E-state index contributed by atoms with van der Waals surface area (Å²) in [4.78, 5) is 31.5. The zero-order valence-corrected chi connectivity index (χ0v) is 28.2. The van der Waals surface area contributed by atoms with Crippen LogP contribution in [0.3, 0.4) is 0 Å². The Labute approximate surface area is 284 Å². The van der Waals surface area contributed by atoms with Crippen molar-refractivity contribution < 1.29 is 23.1 Å². The van der Waals surface area contributed by atoms with Crippen LogP contribution in [0.2, 0.25) is 5.02 Å². The molecule has 11 heteroatoms. The predicted octanol–water partition coefficient (Wildman–Crippen LogP) is 7.83. The molecule has 252 valence electrons. The average molecular weight is 676 g/mol. The van der Waals surface area contributed by atoms with Gasteiger partial charge in [0.15, 0.2) is 11.6 Å². The third-order valence-electron chi connectivity index (χ3n) is 10.2. The van der Waals surface area contributed by atoms with Gasteiger partial charge in [0.25, 0.3) is 11.8 Å². The second-order valence-corrected chi connectivity index (χ2v) is 13.4. The lowest BCUT2D eigenvalue weighted by Crippen LogP contribution is -2.47. The number of ether oxygens (including phenoxy) is 1. The SMILES string of the molecule is COc1ccc(-c2cn(C3CCN(C(=O)c4cccc(C(=O)N(Cc5c(F)cccc5Cl)C5CCCC(C)C5C)c4)CC3)nn2)cc1F. The maximum Gasteiger partial charge on any atom is 0.254 e. The molecule has 0 bridgehead atoms. The summed E-state index contributed by atoms with van der Waals surface area (Å²) >= 11 is 6.42. The third-order valence-corrected chi connectivity index (χ3v) is 10.5. The fraction of sp³-hybridized carbons (Fsp3) is 0.405. The summed E-state index contributed by atoms with van der Waals surface area (Å²) in [5.41, 5.74) is 2.27. The number of halogens is 3. The Kier molecular flexibility index (Phi) is 10.1. The number of benzene rings is 3. The monoisotopic (exact) mass is 675 g/mol. The molecule has 6 rings (SSSR count). The number of nitrogens with zero attached hydrogens (tertiary/aromatic N) is 5. The largest absolute Gasteiger partial charge is 0.494 e. The maximum atomic E-state index is 14.9. The Morgan fingerprint density at radius 3 is 2.44 bits per heavy atom. The van der Waals surface area contributed by atoms with Crippen LogP contribution < -0.4 is 4.74 Å². The molecule has 3 aromatic carbocycles. The lowest BCUT2D eigenvalue weighted by molar-refractivity contribution is 0.0446. The molecular weight excluding hydrogens is 636 g/mol. The minimum Gasteiger partial charge on any atom is -0.494 e. The smallest absolute Gasteiger partial charge is 0.254 e. The second-order valence-electron chi connectivity index (χ2n) is 13.0. The van der Waals surface area contributed by atoms with Gasteiger partial charge in [-0.25, -0.2) is 13.5 Å². The number of aromatic nitrogens is 3. The van der Waals surface area contributed by atoms with Crippen molar-refractivity contribution in [3.05, 3.63) is 100 Å². The molecule has 8 nitrogen and oxygen atoms in total. The number of rotatable bonds is 8. The quantitative estimate of drug-likeness (QED) is 0.190. The Bertz CT molecular complexity index is 1770. The molecule has 3 atom stereocenters. The summed E-state index contributed by atoms with van der Waals surface area (Å²) in [7, 11) is 1.42. The molecule has 1 saturated carbocycles. The molecule has 2 fully saturated rings. The molecule has 2 heterocycles. The summed E-state index contributed by atoms with van der Waals surface area (Å²) in [6, 6.07) is 16.0. The molecule has 0 radical (unpaired) electrons. The minimum atomic E-state index is -0.470. The number of likely N-dealkylation sites (tertiary alicyclic amines) is 1. The first-order valence-corrected chi connectivity index (χ1v) is 16.9. The van der Waals surface area contributed by atoms with Crippen molar-refractivity contribution in [1.29, 1.82) is 0 Å². The molecule has 4 aromatic rings. The van der Waals surface area contributed by atoms with E-state index in [-0.39, 0.29) is 47.1 Å². The van der Waals surface area contributed by atoms with E-state index in [9.17, 15) is 18.4 Å². The molecule has 0 N–H and O–H groups in total. The van der Waals surface area contributed by atoms with Crippen LogP contribution in [-0.2, 0) is 6.54 Å². The number of hydrogen-bond acceptors (Lipinski definition) is 5. The molecule has 1 aliphatic heterocycles. The summed E-state index contributed by atoms with van der Waals surface area (Å²) in [5, 5.41) is 8.81. The van der Waals surface area contributed by atoms with Crippen molar-refractivity contribution in [2.24, 2.45) is 11.8 Å². The van der Waals surface area contributed by atoms with E-state index >= 15 is 0 Å². The van der Waals surface area contributed by atoms with E-state index in [2.05, 4.69) is 24.2 Å². The highest BCUT2D eigenvalue weighted by Crippen LogP contribution is 2.36. The minimum absolute atomic E-state index is 0.0324. The third kappa shape index (κ3) is 6.95. The zero-order chi connectivity index (χ0) is 33.9. The first kappa shape index (κ1) is 33.6. The molecular formula is C37H40ClF2N5O3. The summed E-state index contributed by atoms with van der Waals surface area (Å²) in [6.07, 6.45) is 6.02. The van der Waals surface area contributed by atoms with Crippen molar-refractivity contribution in [2.45, 2.75) is 64.6 Å². The average Bonchev–Trinajstić information content (AvgIpc) is 3.60. The molecule has 1 aromatic heterocycles. The zero-order valence-electron chi connectivity index (χ0n) is 27.4. The first-order chi connectivity index (χ1) is 23.1. The van der Waals surface area contributed by atoms with E-state index in [0.29, 0.717) is 59.8 Å². The predicted molar refractivity (Wildman–Crippen MR) is 180 cm³/mol. The number of piperidine rings is 1. The molecule has 2 amide bonds. The van der Waals surface area contributed by atoms with Gasteiger partial charge in [-0.3, -0.25) is 9.59 Å². The van der Waals surface area contributed by atoms with E-state index in [1.54, 1.807) is 69.2 Å². The second kappa shape index (κ2) is 14.4. The van der Waals surface area contributed by atoms with E-state index < -0.39 is 11.6 Å². The number of hydrogen-bond donors (Lipinski definition) is 0. The van der Waals surface area contributed by atoms with Crippen LogP contribution in [0, 0.1) is 23.5 Å². The van der Waals surface area contributed by atoms with E-state index in [1.807, 2.05) is 0 Å². The van der Waals surface area contributed by atoms with Gasteiger partial charge in [-0.05, 0) is 79.6 Å². The van der Waals surface area contributed by atoms with Crippen LogP contribution in [0.4, 0.5) is 8.78 Å². The van der Waals surface area contributed by atoms with Gasteiger partial charge in [0, 0.05) is 46.4 Å². The lowest BCUT2D eigenvalue weighted by Gasteiger charge is -2.42. The van der Waals surface area contributed by atoms with Crippen LogP contribution in [0.25, 0.3) is 11.3 Å². The van der Waals surface area contributed by atoms with Gasteiger partial charge < -0.3 is 14.5 Å². The van der Waals surface area contributed by atoms with Crippen molar-refractivity contribution in [1.82, 2.24) is 24.8 Å². The van der Waals surface area contributed by atoms with Crippen LogP contribution in [-0.4, -0.2) is 62.8 Å². The van der Waals surface area contributed by atoms with E-state index in [1.165, 1.54) is 19.2 Å². The van der Waals surface area contributed by atoms with Crippen LogP contribution in [0.1, 0.15) is 78.3 Å². The Morgan fingerprint density at radius 2 is 1.71 bits per heavy atom. The standard InChI is InChI=1S/C37H40ClF2N5O3/c1-23-7-4-12-34(24(23)2)44(21-29-30(38)10-6-11-31(29)39)37(47)27-9-5-8-26(19-27)36(46)43-17-15-28(16-18-43)45-22-33(41-42-45)25-13-14-35(48-3)32(40)20-25/h5-6,8-11,13-14,19-20,22-24,28,34H,4,7,12,15-18,21H2,1-3H3. The molecule has 1 saturated heterocycles. The van der Waals surface area contributed by atoms with Crippen LogP contribution in [0.15, 0.2) is 66.9 Å². The topological polar surface area (TPSA) is 80.6 Å². The molecule has 1 aliphatic carbocycles. The van der Waals surface area contributed by atoms with E-state index in [4.69, 9.17) is 16.3 Å². The number of methoxy groups -OCH3 is 1.